The summed E-state index contributed by atoms with van der Waals surface area (Å²) in [5, 5.41) is 0. The topological polar surface area (TPSA) is 0 Å². The zero-order chi connectivity index (χ0) is 4.83. The van der Waals surface area contributed by atoms with Gasteiger partial charge in [-0.2, -0.15) is 6.42 Å². The van der Waals surface area contributed by atoms with Crippen LogP contribution in [0.2, 0.25) is 0 Å². The van der Waals surface area contributed by atoms with E-state index < -0.39 is 0 Å². The quantitative estimate of drug-likeness (QED) is 0.289. The van der Waals surface area contributed by atoms with Crippen molar-refractivity contribution in [3.05, 3.63) is 19.1 Å². The van der Waals surface area contributed by atoms with E-state index in [0.717, 1.165) is 12.8 Å². The van der Waals surface area contributed by atoms with Crippen molar-refractivity contribution in [3.63, 3.8) is 0 Å². The molecule has 0 amide bonds. The van der Waals surface area contributed by atoms with E-state index in [4.69, 9.17) is 0 Å². The van der Waals surface area contributed by atoms with Crippen LogP contribution >= 0.6 is 0 Å². The predicted molar refractivity (Wildman–Crippen MR) is 35.2 cm³/mol. The summed E-state index contributed by atoms with van der Waals surface area (Å²) in [5.74, 6) is 0. The second kappa shape index (κ2) is 15.7. The molecule has 2 heteroatoms. The molecule has 0 aromatic rings. The van der Waals surface area contributed by atoms with E-state index in [1.807, 2.05) is 0 Å². The van der Waals surface area contributed by atoms with Crippen LogP contribution in [0.5, 0.6) is 0 Å². The van der Waals surface area contributed by atoms with Crippen LogP contribution in [-0.2, 0) is 0 Å². The van der Waals surface area contributed by atoms with E-state index >= 15 is 0 Å². The molecule has 0 heterocycles. The van der Waals surface area contributed by atoms with Gasteiger partial charge in [0.2, 0.25) is 0 Å². The van der Waals surface area contributed by atoms with E-state index in [1.54, 1.807) is 0 Å². The molecule has 0 fully saturated rings. The molecule has 0 rings (SSSR count). The fraction of sp³-hybridized carbons (Fsp3) is 0.500. The molecular formula is C6H11BrMg. The van der Waals surface area contributed by atoms with Gasteiger partial charge >= 0.3 is 23.1 Å². The summed E-state index contributed by atoms with van der Waals surface area (Å²) >= 11 is 0. The van der Waals surface area contributed by atoms with Gasteiger partial charge in [-0.3, -0.25) is 0 Å². The molecule has 0 radical (unpaired) electrons. The van der Waals surface area contributed by atoms with Gasteiger partial charge in [0, 0.05) is 0 Å². The first kappa shape index (κ1) is 16.0. The SMILES string of the molecule is [Br-].[CH2-]CC=CCC.[Mg+2]. The van der Waals surface area contributed by atoms with Crippen molar-refractivity contribution < 1.29 is 17.0 Å². The standard InChI is InChI=1S/C6H11.BrH.Mg/c1-3-5-6-4-2;;/h5-6H,1,3-4H2,2H3;1H;/q-1;;+2/p-1. The third kappa shape index (κ3) is 15.8. The minimum absolute atomic E-state index is 0. The molecule has 0 saturated carbocycles. The van der Waals surface area contributed by atoms with Crippen LogP contribution in [0.1, 0.15) is 19.8 Å². The fourth-order valence-electron chi connectivity index (χ4n) is 0.285. The maximum atomic E-state index is 3.64. The molecule has 0 saturated heterocycles. The summed E-state index contributed by atoms with van der Waals surface area (Å²) in [6.45, 7) is 5.75. The normalized spacial score (nSPS) is 7.75. The average Bonchev–Trinajstić information content (AvgIpc) is 1.61. The van der Waals surface area contributed by atoms with E-state index in [-0.39, 0.29) is 40.0 Å². The van der Waals surface area contributed by atoms with Crippen LogP contribution in [0.4, 0.5) is 0 Å². The van der Waals surface area contributed by atoms with Crippen LogP contribution in [0.15, 0.2) is 12.2 Å². The van der Waals surface area contributed by atoms with Crippen LogP contribution in [-0.4, -0.2) is 23.1 Å². The Bertz CT molecular complexity index is 37.8. The predicted octanol–water partition coefficient (Wildman–Crippen LogP) is -1.20. The Morgan fingerprint density at radius 3 is 2.00 bits per heavy atom. The zero-order valence-corrected chi connectivity index (χ0v) is 8.36. The van der Waals surface area contributed by atoms with Gasteiger partial charge in [-0.15, -0.1) is 6.08 Å². The van der Waals surface area contributed by atoms with E-state index in [1.165, 1.54) is 0 Å². The largest absolute Gasteiger partial charge is 2.00 e. The van der Waals surface area contributed by atoms with Gasteiger partial charge in [0.05, 0.1) is 0 Å². The van der Waals surface area contributed by atoms with Crippen molar-refractivity contribution >= 4 is 23.1 Å². The average molecular weight is 187 g/mol. The Morgan fingerprint density at radius 2 is 1.88 bits per heavy atom. The summed E-state index contributed by atoms with van der Waals surface area (Å²) in [6, 6.07) is 0. The monoisotopic (exact) mass is 186 g/mol. The van der Waals surface area contributed by atoms with Crippen LogP contribution in [0.25, 0.3) is 0 Å². The van der Waals surface area contributed by atoms with Crippen molar-refractivity contribution in [1.82, 2.24) is 0 Å². The van der Waals surface area contributed by atoms with Gasteiger partial charge in [-0.05, 0) is 6.42 Å². The van der Waals surface area contributed by atoms with E-state index in [0.29, 0.717) is 0 Å². The molecule has 8 heavy (non-hydrogen) atoms. The first-order chi connectivity index (χ1) is 2.91. The van der Waals surface area contributed by atoms with Crippen molar-refractivity contribution in [2.75, 3.05) is 0 Å². The van der Waals surface area contributed by atoms with Gasteiger partial charge in [0.1, 0.15) is 0 Å². The first-order valence-corrected chi connectivity index (χ1v) is 2.36. The Morgan fingerprint density at radius 1 is 1.38 bits per heavy atom. The maximum Gasteiger partial charge on any atom is 2.00 e. The maximum absolute atomic E-state index is 3.64. The number of halogens is 1. The minimum Gasteiger partial charge on any atom is -1.00 e. The van der Waals surface area contributed by atoms with Crippen LogP contribution in [0, 0.1) is 6.92 Å². The molecule has 0 aliphatic heterocycles. The molecular weight excluding hydrogens is 176 g/mol. The van der Waals surface area contributed by atoms with E-state index in [9.17, 15) is 0 Å². The number of hydrogen-bond acceptors (Lipinski definition) is 0. The van der Waals surface area contributed by atoms with Crippen LogP contribution in [0.3, 0.4) is 0 Å². The Labute approximate surface area is 78.7 Å². The van der Waals surface area contributed by atoms with Gasteiger partial charge in [-0.25, -0.2) is 0 Å². The fourth-order valence-corrected chi connectivity index (χ4v) is 0.285. The summed E-state index contributed by atoms with van der Waals surface area (Å²) in [5.41, 5.74) is 0. The zero-order valence-electron chi connectivity index (χ0n) is 5.36. The third-order valence-corrected chi connectivity index (χ3v) is 0.569. The second-order valence-corrected chi connectivity index (χ2v) is 1.17. The van der Waals surface area contributed by atoms with Gasteiger partial charge in [0.25, 0.3) is 0 Å². The number of hydrogen-bond donors (Lipinski definition) is 0. The first-order valence-electron chi connectivity index (χ1n) is 2.36. The van der Waals surface area contributed by atoms with Crippen LogP contribution < -0.4 is 17.0 Å². The molecule has 0 N–H and O–H groups in total. The summed E-state index contributed by atoms with van der Waals surface area (Å²) in [7, 11) is 0. The summed E-state index contributed by atoms with van der Waals surface area (Å²) < 4.78 is 0. The molecule has 0 bridgehead atoms. The molecule has 44 valence electrons. The van der Waals surface area contributed by atoms with Crippen molar-refractivity contribution in [1.29, 1.82) is 0 Å². The second-order valence-electron chi connectivity index (χ2n) is 1.17. The molecule has 0 atom stereocenters. The van der Waals surface area contributed by atoms with Crippen molar-refractivity contribution in [2.24, 2.45) is 0 Å². The smallest absolute Gasteiger partial charge is 1.00 e. The van der Waals surface area contributed by atoms with E-state index in [2.05, 4.69) is 26.0 Å². The third-order valence-electron chi connectivity index (χ3n) is 0.569. The van der Waals surface area contributed by atoms with Crippen molar-refractivity contribution in [3.8, 4) is 0 Å². The van der Waals surface area contributed by atoms with Gasteiger partial charge < -0.3 is 23.9 Å². The number of rotatable bonds is 2. The summed E-state index contributed by atoms with van der Waals surface area (Å²) in [6.07, 6.45) is 6.25. The van der Waals surface area contributed by atoms with Gasteiger partial charge in [-0.1, -0.05) is 13.0 Å². The molecule has 0 nitrogen and oxygen atoms in total. The Kier molecular flexibility index (Phi) is 31.3. The molecule has 0 aromatic carbocycles. The Hall–Kier alpha value is 0.986. The summed E-state index contributed by atoms with van der Waals surface area (Å²) in [4.78, 5) is 0. The number of allylic oxidation sites excluding steroid dienone is 2. The molecule has 0 spiro atoms. The molecule has 0 aliphatic rings. The van der Waals surface area contributed by atoms with Gasteiger partial charge in [0.15, 0.2) is 0 Å². The minimum atomic E-state index is 0. The molecule has 0 aromatic heterocycles. The Balaban J connectivity index is -0.000000125. The molecule has 0 aliphatic carbocycles. The van der Waals surface area contributed by atoms with Crippen molar-refractivity contribution in [2.45, 2.75) is 19.8 Å². The molecule has 0 unspecified atom stereocenters.